The van der Waals surface area contributed by atoms with Crippen molar-refractivity contribution < 1.29 is 4.79 Å². The van der Waals surface area contributed by atoms with E-state index in [0.717, 1.165) is 12.1 Å². The molecule has 2 aromatic rings. The Hall–Kier alpha value is -1.82. The Kier molecular flexibility index (Phi) is 4.21. The van der Waals surface area contributed by atoms with E-state index in [-0.39, 0.29) is 5.91 Å². The Bertz CT molecular complexity index is 594. The first-order valence-electron chi connectivity index (χ1n) is 5.88. The van der Waals surface area contributed by atoms with Crippen molar-refractivity contribution in [2.75, 3.05) is 12.3 Å². The van der Waals surface area contributed by atoms with Gasteiger partial charge in [0, 0.05) is 37.6 Å². The number of aromatic nitrogens is 2. The minimum Gasteiger partial charge on any atom is -0.398 e. The molecule has 0 fully saturated rings. The van der Waals surface area contributed by atoms with E-state index in [9.17, 15) is 4.79 Å². The molecule has 1 heterocycles. The number of amides is 1. The molecule has 0 saturated heterocycles. The van der Waals surface area contributed by atoms with Crippen LogP contribution in [0.5, 0.6) is 0 Å². The van der Waals surface area contributed by atoms with Crippen LogP contribution in [0.4, 0.5) is 5.69 Å². The van der Waals surface area contributed by atoms with Gasteiger partial charge in [-0.05, 0) is 34.1 Å². The number of rotatable bonds is 4. The van der Waals surface area contributed by atoms with E-state index in [1.807, 2.05) is 13.1 Å². The molecule has 0 spiro atoms. The fourth-order valence-electron chi connectivity index (χ4n) is 1.77. The molecule has 3 N–H and O–H groups in total. The first-order valence-corrected chi connectivity index (χ1v) is 6.68. The molecule has 1 aromatic heterocycles. The van der Waals surface area contributed by atoms with Crippen LogP contribution in [0, 0.1) is 0 Å². The normalized spacial score (nSPS) is 10.4. The van der Waals surface area contributed by atoms with Crippen LogP contribution in [0.15, 0.2) is 34.9 Å². The number of anilines is 1. The van der Waals surface area contributed by atoms with E-state index in [1.165, 1.54) is 0 Å². The molecule has 0 saturated carbocycles. The van der Waals surface area contributed by atoms with Crippen molar-refractivity contribution in [3.05, 3.63) is 46.2 Å². The van der Waals surface area contributed by atoms with Gasteiger partial charge in [0.1, 0.15) is 0 Å². The van der Waals surface area contributed by atoms with Gasteiger partial charge in [0.25, 0.3) is 5.91 Å². The predicted octanol–water partition coefficient (Wildman–Crippen LogP) is 1.74. The van der Waals surface area contributed by atoms with Gasteiger partial charge in [-0.15, -0.1) is 0 Å². The average molecular weight is 323 g/mol. The van der Waals surface area contributed by atoms with Crippen molar-refractivity contribution in [2.45, 2.75) is 6.42 Å². The number of carbonyl (C=O) groups excluding carboxylic acids is 1. The molecule has 1 amide bonds. The highest BCUT2D eigenvalue weighted by Crippen LogP contribution is 2.23. The van der Waals surface area contributed by atoms with Crippen LogP contribution in [0.3, 0.4) is 0 Å². The number of nitrogens with two attached hydrogens (primary N) is 1. The summed E-state index contributed by atoms with van der Waals surface area (Å²) in [6.45, 7) is 0.555. The van der Waals surface area contributed by atoms with Gasteiger partial charge in [0.15, 0.2) is 0 Å². The van der Waals surface area contributed by atoms with Crippen molar-refractivity contribution in [1.29, 1.82) is 0 Å². The highest BCUT2D eigenvalue weighted by molar-refractivity contribution is 9.10. The molecule has 100 valence electrons. The van der Waals surface area contributed by atoms with Crippen molar-refractivity contribution in [3.8, 4) is 0 Å². The van der Waals surface area contributed by atoms with Crippen LogP contribution in [0.25, 0.3) is 0 Å². The van der Waals surface area contributed by atoms with Crippen LogP contribution < -0.4 is 11.1 Å². The lowest BCUT2D eigenvalue weighted by atomic mass is 10.2. The van der Waals surface area contributed by atoms with Gasteiger partial charge in [-0.2, -0.15) is 5.10 Å². The molecule has 1 aromatic carbocycles. The fourth-order valence-corrected chi connectivity index (χ4v) is 2.22. The highest BCUT2D eigenvalue weighted by Gasteiger charge is 2.11. The van der Waals surface area contributed by atoms with Gasteiger partial charge in [0.05, 0.1) is 10.0 Å². The highest BCUT2D eigenvalue weighted by atomic mass is 79.9. The van der Waals surface area contributed by atoms with E-state index in [1.54, 1.807) is 29.1 Å². The topological polar surface area (TPSA) is 72.9 Å². The van der Waals surface area contributed by atoms with Crippen molar-refractivity contribution in [3.63, 3.8) is 0 Å². The van der Waals surface area contributed by atoms with E-state index in [2.05, 4.69) is 26.3 Å². The van der Waals surface area contributed by atoms with E-state index in [0.29, 0.717) is 22.3 Å². The molecule has 5 nitrogen and oxygen atoms in total. The van der Waals surface area contributed by atoms with Crippen LogP contribution >= 0.6 is 15.9 Å². The lowest BCUT2D eigenvalue weighted by Crippen LogP contribution is -2.26. The third-order valence-corrected chi connectivity index (χ3v) is 3.75. The van der Waals surface area contributed by atoms with Crippen LogP contribution in [-0.2, 0) is 13.5 Å². The van der Waals surface area contributed by atoms with Gasteiger partial charge in [-0.25, -0.2) is 0 Å². The number of hydrogen-bond acceptors (Lipinski definition) is 3. The second-order valence-corrected chi connectivity index (χ2v) is 4.95. The molecule has 19 heavy (non-hydrogen) atoms. The number of aryl methyl sites for hydroxylation is 1. The number of nitrogens with one attached hydrogen (secondary N) is 1. The van der Waals surface area contributed by atoms with Gasteiger partial charge in [0.2, 0.25) is 0 Å². The quantitative estimate of drug-likeness (QED) is 0.842. The monoisotopic (exact) mass is 322 g/mol. The van der Waals surface area contributed by atoms with Gasteiger partial charge in [-0.1, -0.05) is 6.07 Å². The van der Waals surface area contributed by atoms with Crippen molar-refractivity contribution >= 4 is 27.5 Å². The van der Waals surface area contributed by atoms with Crippen LogP contribution in [0.2, 0.25) is 0 Å². The molecule has 0 radical (unpaired) electrons. The molecule has 0 aliphatic rings. The third-order valence-electron chi connectivity index (χ3n) is 2.86. The minimum atomic E-state index is -0.138. The molecule has 0 unspecified atom stereocenters. The van der Waals surface area contributed by atoms with Crippen LogP contribution in [0.1, 0.15) is 16.1 Å². The maximum absolute atomic E-state index is 12.0. The average Bonchev–Trinajstić information content (AvgIpc) is 2.78. The summed E-state index contributed by atoms with van der Waals surface area (Å²) in [6, 6.07) is 7.18. The van der Waals surface area contributed by atoms with Gasteiger partial charge < -0.3 is 11.1 Å². The Morgan fingerprint density at radius 3 is 2.95 bits per heavy atom. The maximum Gasteiger partial charge on any atom is 0.252 e. The first kappa shape index (κ1) is 13.6. The Labute approximate surface area is 119 Å². The van der Waals surface area contributed by atoms with E-state index < -0.39 is 0 Å². The summed E-state index contributed by atoms with van der Waals surface area (Å²) in [6.07, 6.45) is 2.48. The molecule has 2 rings (SSSR count). The summed E-state index contributed by atoms with van der Waals surface area (Å²) < 4.78 is 2.43. The largest absolute Gasteiger partial charge is 0.398 e. The standard InChI is InChI=1S/C13H15BrN4O/c1-18-9(6-8-17-18)5-7-16-13(19)10-3-2-4-11(15)12(10)14/h2-4,6,8H,5,7,15H2,1H3,(H,16,19). The minimum absolute atomic E-state index is 0.138. The van der Waals surface area contributed by atoms with Crippen molar-refractivity contribution in [2.24, 2.45) is 7.05 Å². The number of hydrogen-bond donors (Lipinski definition) is 2. The lowest BCUT2D eigenvalue weighted by molar-refractivity contribution is 0.0953. The Morgan fingerprint density at radius 1 is 1.47 bits per heavy atom. The van der Waals surface area contributed by atoms with E-state index >= 15 is 0 Å². The van der Waals surface area contributed by atoms with Gasteiger partial charge >= 0.3 is 0 Å². The Morgan fingerprint density at radius 2 is 2.26 bits per heavy atom. The molecular formula is C13H15BrN4O. The number of halogens is 1. The zero-order chi connectivity index (χ0) is 13.8. The first-order chi connectivity index (χ1) is 9.09. The molecule has 0 aliphatic heterocycles. The van der Waals surface area contributed by atoms with Crippen molar-refractivity contribution in [1.82, 2.24) is 15.1 Å². The van der Waals surface area contributed by atoms with Crippen LogP contribution in [-0.4, -0.2) is 22.2 Å². The summed E-state index contributed by atoms with van der Waals surface area (Å²) in [5, 5.41) is 6.95. The Balaban J connectivity index is 1.95. The van der Waals surface area contributed by atoms with E-state index in [4.69, 9.17) is 5.73 Å². The summed E-state index contributed by atoms with van der Waals surface area (Å²) in [5.74, 6) is -0.138. The summed E-state index contributed by atoms with van der Waals surface area (Å²) >= 11 is 3.32. The second kappa shape index (κ2) is 5.88. The number of carbonyl (C=O) groups is 1. The molecule has 0 bridgehead atoms. The lowest BCUT2D eigenvalue weighted by Gasteiger charge is -2.08. The second-order valence-electron chi connectivity index (χ2n) is 4.16. The SMILES string of the molecule is Cn1nccc1CCNC(=O)c1cccc(N)c1Br. The van der Waals surface area contributed by atoms with Gasteiger partial charge in [-0.3, -0.25) is 9.48 Å². The zero-order valence-corrected chi connectivity index (χ0v) is 12.1. The zero-order valence-electron chi connectivity index (χ0n) is 10.6. The maximum atomic E-state index is 12.0. The molecule has 6 heteroatoms. The number of nitrogens with zero attached hydrogens (tertiary/aromatic N) is 2. The molecule has 0 atom stereocenters. The fraction of sp³-hybridized carbons (Fsp3) is 0.231. The summed E-state index contributed by atoms with van der Waals surface area (Å²) in [7, 11) is 1.88. The summed E-state index contributed by atoms with van der Waals surface area (Å²) in [4.78, 5) is 12.0. The number of benzene rings is 1. The molecule has 0 aliphatic carbocycles. The summed E-state index contributed by atoms with van der Waals surface area (Å²) in [5.41, 5.74) is 7.92. The molecular weight excluding hydrogens is 308 g/mol. The predicted molar refractivity (Wildman–Crippen MR) is 77.8 cm³/mol. The number of nitrogen functional groups attached to an aromatic ring is 1. The third kappa shape index (κ3) is 3.14. The smallest absolute Gasteiger partial charge is 0.252 e.